The molecule has 0 saturated carbocycles. The first-order chi connectivity index (χ1) is 44.0. The van der Waals surface area contributed by atoms with E-state index >= 15 is 13.2 Å². The van der Waals surface area contributed by atoms with Gasteiger partial charge >= 0.3 is 18.3 Å². The summed E-state index contributed by atoms with van der Waals surface area (Å²) in [4.78, 5) is 40.7. The first-order valence-electron chi connectivity index (χ1n) is 33.0. The molecule has 20 nitrogen and oxygen atoms in total. The van der Waals surface area contributed by atoms with E-state index in [0.717, 1.165) is 0 Å². The zero-order valence-electron chi connectivity index (χ0n) is 65.3. The van der Waals surface area contributed by atoms with Crippen molar-refractivity contribution in [2.75, 3.05) is 43.1 Å². The predicted molar refractivity (Wildman–Crippen MR) is 394 cm³/mol. The maximum Gasteiger partial charge on any atom is 0.412 e. The van der Waals surface area contributed by atoms with Gasteiger partial charge in [-0.2, -0.15) is 5.10 Å². The summed E-state index contributed by atoms with van der Waals surface area (Å²) in [7, 11) is -1.97. The molecule has 4 aromatic rings. The Bertz CT molecular complexity index is 3480. The van der Waals surface area contributed by atoms with Crippen molar-refractivity contribution < 1.29 is 73.9 Å². The van der Waals surface area contributed by atoms with Crippen LogP contribution < -0.4 is 40.7 Å². The van der Waals surface area contributed by atoms with Gasteiger partial charge in [0.05, 0.1) is 73.1 Å². The van der Waals surface area contributed by atoms with Gasteiger partial charge in [-0.05, 0) is 182 Å². The van der Waals surface area contributed by atoms with Gasteiger partial charge in [-0.15, -0.1) is 0 Å². The second-order valence-corrected chi connectivity index (χ2v) is 47.6. The van der Waals surface area contributed by atoms with Gasteiger partial charge in [0.2, 0.25) is 11.9 Å². The number of fused-ring (bicyclic) bond motifs is 1. The number of hydrogen-bond acceptors (Lipinski definition) is 15. The molecule has 0 aliphatic heterocycles. The molecule has 3 atom stereocenters. The molecule has 4 heterocycles. The maximum atomic E-state index is 15.4. The molecule has 0 aliphatic rings. The van der Waals surface area contributed by atoms with Crippen molar-refractivity contribution in [2.24, 2.45) is 0 Å². The lowest BCUT2D eigenvalue weighted by molar-refractivity contribution is -0.641. The predicted octanol–water partition coefficient (Wildman–Crippen LogP) is 17.6. The number of carbonyl (C=O) groups excluding carboxylic acids is 3. The SMILES string of the molecule is COc1c[n+](N)c(C#CCC(F)C(C)(C)O[Si](C)(C)C(C)(C)C)cc1NC(=O)OC(C)(C)C.COc1cn2nc(CC(F)C(C)(C)O[Si](C)(C)C(C)(C)C)cc2cc1NC(=O)OC(C)(C)C.COc1cnc(C#CCC(F)C(C)(C)O[Si](C)(C)C(C)(C)C)cc1NC(=O)OC(C)(C)C. The lowest BCUT2D eigenvalue weighted by Crippen LogP contribution is -2.51. The van der Waals surface area contributed by atoms with Crippen LogP contribution >= 0.6 is 0 Å². The van der Waals surface area contributed by atoms with Crippen LogP contribution in [0.5, 0.6) is 17.2 Å². The van der Waals surface area contributed by atoms with Crippen molar-refractivity contribution in [1.29, 1.82) is 0 Å². The average molecular weight is 1430 g/mol. The first-order valence-corrected chi connectivity index (χ1v) is 41.7. The Morgan fingerprint density at radius 2 is 0.878 bits per heavy atom. The second kappa shape index (κ2) is 33.3. The fraction of sp³-hybridized carbons (Fsp3) is 0.667. The van der Waals surface area contributed by atoms with E-state index in [2.05, 4.69) is 151 Å². The highest BCUT2D eigenvalue weighted by molar-refractivity contribution is 6.75. The largest absolute Gasteiger partial charge is 0.493 e. The normalized spacial score (nSPS) is 13.8. The molecule has 0 spiro atoms. The Balaban J connectivity index is 0.000000500. The molecule has 4 aromatic heterocycles. The van der Waals surface area contributed by atoms with E-state index in [9.17, 15) is 14.4 Å². The van der Waals surface area contributed by atoms with Crippen molar-refractivity contribution in [3.63, 3.8) is 0 Å². The van der Waals surface area contributed by atoms with Crippen molar-refractivity contribution in [2.45, 2.75) is 292 Å². The molecule has 98 heavy (non-hydrogen) atoms. The zero-order chi connectivity index (χ0) is 76.2. The van der Waals surface area contributed by atoms with E-state index in [0.29, 0.717) is 56.9 Å². The fourth-order valence-corrected chi connectivity index (χ4v) is 13.6. The van der Waals surface area contributed by atoms with Crippen LogP contribution in [0.2, 0.25) is 54.4 Å². The summed E-state index contributed by atoms with van der Waals surface area (Å²) >= 11 is 0. The number of nitrogen functional groups attached to an aromatic ring is 1. The van der Waals surface area contributed by atoms with Crippen LogP contribution in [0.4, 0.5) is 44.6 Å². The third-order valence-corrected chi connectivity index (χ3v) is 30.7. The summed E-state index contributed by atoms with van der Waals surface area (Å²) < 4.78 is 99.2. The van der Waals surface area contributed by atoms with Crippen LogP contribution in [0.3, 0.4) is 0 Å². The highest BCUT2D eigenvalue weighted by atomic mass is 28.4. The summed E-state index contributed by atoms with van der Waals surface area (Å²) in [6.07, 6.45) is -0.955. The van der Waals surface area contributed by atoms with Crippen LogP contribution in [0.15, 0.2) is 42.9 Å². The molecule has 552 valence electrons. The number of nitrogens with one attached hydrogen (secondary N) is 3. The van der Waals surface area contributed by atoms with Gasteiger partial charge in [-0.3, -0.25) is 16.0 Å². The molecule has 0 aliphatic carbocycles. The minimum atomic E-state index is -2.14. The van der Waals surface area contributed by atoms with E-state index in [1.807, 2.05) is 0 Å². The molecule has 0 radical (unpaired) electrons. The molecular formula is C72H120F3N8O12Si3+. The van der Waals surface area contributed by atoms with Crippen molar-refractivity contribution >= 4 is 65.8 Å². The topological polar surface area (TPSA) is 230 Å². The zero-order valence-corrected chi connectivity index (χ0v) is 68.3. The number of carbonyl (C=O) groups is 3. The van der Waals surface area contributed by atoms with E-state index in [-0.39, 0.29) is 34.4 Å². The van der Waals surface area contributed by atoms with Gasteiger partial charge in [-0.1, -0.05) is 78.8 Å². The van der Waals surface area contributed by atoms with Crippen LogP contribution in [0.1, 0.15) is 196 Å². The molecule has 26 heteroatoms. The van der Waals surface area contributed by atoms with Crippen molar-refractivity contribution in [3.05, 3.63) is 59.9 Å². The monoisotopic (exact) mass is 1430 g/mol. The van der Waals surface area contributed by atoms with Crippen LogP contribution in [-0.2, 0) is 33.9 Å². The molecule has 5 N–H and O–H groups in total. The number of halogens is 3. The van der Waals surface area contributed by atoms with Crippen molar-refractivity contribution in [3.8, 4) is 40.9 Å². The summed E-state index contributed by atoms with van der Waals surface area (Å²) in [6, 6.07) is 6.65. The quantitative estimate of drug-likeness (QED) is 0.0225. The summed E-state index contributed by atoms with van der Waals surface area (Å²) in [6.45, 7) is 58.5. The third kappa shape index (κ3) is 27.9. The Kier molecular flexibility index (Phi) is 29.7. The van der Waals surface area contributed by atoms with Gasteiger partial charge in [-0.25, -0.2) is 42.9 Å². The summed E-state index contributed by atoms with van der Waals surface area (Å²) in [5, 5.41) is 12.4. The standard InChI is InChI=1S/2C24H40FN3O4Si.C24H39FN2O4Si/c1-22(2,3)31-21(29)26-18-14-17-12-16(27-28(17)15-19(18)30-9)13-20(25)24(7,8)32-33(10,11)23(4,5)6;1-22(2,3)31-21(29)27-18-15-17(28(26)16-19(18)30-9)13-12-14-20(25)24(7,8)32-33(10,11)23(4,5)6;1-22(2,3)30-21(28)27-18-15-17(26-16-19(18)29-9)13-12-14-20(25)24(7,8)31-32(10,11)23(4,5)6/h12,14-15,20H,13H2,1-11H3,(H,26,29);15-16,20H,14,26H2,1-11H3;15-16,20H,14H2,1-11H3,(H,26,27,28)/p+1. The molecule has 3 amide bonds. The minimum absolute atomic E-state index is 0.00413. The Labute approximate surface area is 587 Å². The molecule has 3 unspecified atom stereocenters. The summed E-state index contributed by atoms with van der Waals surface area (Å²) in [5.41, 5.74) is -1.57. The summed E-state index contributed by atoms with van der Waals surface area (Å²) in [5.74, 6) is 18.6. The molecule has 0 fully saturated rings. The fourth-order valence-electron chi connectivity index (χ4n) is 8.36. The third-order valence-electron chi connectivity index (χ3n) is 16.7. The van der Waals surface area contributed by atoms with E-state index in [4.69, 9.17) is 47.5 Å². The number of ether oxygens (including phenoxy) is 6. The number of aromatic nitrogens is 4. The maximum absolute atomic E-state index is 15.4. The van der Waals surface area contributed by atoms with Gasteiger partial charge in [0, 0.05) is 31.2 Å². The smallest absolute Gasteiger partial charge is 0.412 e. The van der Waals surface area contributed by atoms with Gasteiger partial charge in [0.25, 0.3) is 5.69 Å². The number of rotatable bonds is 19. The number of alkyl halides is 3. The number of hydrogen-bond donors (Lipinski definition) is 4. The number of methoxy groups -OCH3 is 3. The first kappa shape index (κ1) is 87.5. The number of nitrogens with two attached hydrogens (primary N) is 1. The lowest BCUT2D eigenvalue weighted by Gasteiger charge is -2.43. The highest BCUT2D eigenvalue weighted by Gasteiger charge is 2.47. The van der Waals surface area contributed by atoms with E-state index in [1.165, 1.54) is 38.4 Å². The Morgan fingerprint density at radius 3 is 1.24 bits per heavy atom. The minimum Gasteiger partial charge on any atom is -0.493 e. The molecular weight excluding hydrogens is 1310 g/mol. The van der Waals surface area contributed by atoms with Crippen LogP contribution in [0.25, 0.3) is 5.52 Å². The lowest BCUT2D eigenvalue weighted by atomic mass is 9.99. The number of amides is 3. The van der Waals surface area contributed by atoms with E-state index < -0.39 is 95.4 Å². The van der Waals surface area contributed by atoms with Gasteiger partial charge in [0.15, 0.2) is 36.5 Å². The van der Waals surface area contributed by atoms with Gasteiger partial charge < -0.3 is 41.7 Å². The number of nitrogens with zero attached hydrogens (tertiary/aromatic N) is 4. The molecule has 0 aromatic carbocycles. The van der Waals surface area contributed by atoms with Crippen LogP contribution in [-0.4, -0.2) is 131 Å². The molecule has 0 bridgehead atoms. The van der Waals surface area contributed by atoms with Crippen molar-refractivity contribution in [1.82, 2.24) is 14.6 Å². The Hall–Kier alpha value is -6.56. The Morgan fingerprint density at radius 1 is 0.520 bits per heavy atom. The highest BCUT2D eigenvalue weighted by Crippen LogP contribution is 2.43. The van der Waals surface area contributed by atoms with E-state index in [1.54, 1.807) is 139 Å². The number of pyridine rings is 3. The second-order valence-electron chi connectivity index (χ2n) is 33.5. The number of anilines is 3. The van der Waals surface area contributed by atoms with Gasteiger partial charge in [0.1, 0.15) is 46.7 Å². The van der Waals surface area contributed by atoms with Crippen LogP contribution in [0, 0.1) is 23.7 Å². The molecule has 0 saturated heterocycles. The molecule has 4 rings (SSSR count). The average Bonchev–Trinajstić information content (AvgIpc) is 1.40.